The molecule has 11 heteroatoms. The molecule has 0 aromatic carbocycles. The summed E-state index contributed by atoms with van der Waals surface area (Å²) in [4.78, 5) is 35.4. The van der Waals surface area contributed by atoms with E-state index in [4.69, 9.17) is 4.74 Å². The molecular formula is C27H31BrN6O3S. The van der Waals surface area contributed by atoms with Crippen molar-refractivity contribution in [3.63, 3.8) is 0 Å². The molecular weight excluding hydrogens is 568 g/mol. The molecule has 2 N–H and O–H groups in total. The van der Waals surface area contributed by atoms with Crippen LogP contribution in [0.5, 0.6) is 5.88 Å². The molecule has 2 saturated carbocycles. The number of thiophene rings is 1. The summed E-state index contributed by atoms with van der Waals surface area (Å²) in [5.41, 5.74) is 0.696. The third-order valence-electron chi connectivity index (χ3n) is 8.10. The van der Waals surface area contributed by atoms with Crippen LogP contribution in [-0.4, -0.2) is 45.3 Å². The number of nitrogens with one attached hydrogen (secondary N) is 2. The van der Waals surface area contributed by atoms with Crippen LogP contribution in [0.2, 0.25) is 0 Å². The molecule has 2 amide bonds. The number of rotatable bonds is 7. The fourth-order valence-corrected chi connectivity index (χ4v) is 7.31. The van der Waals surface area contributed by atoms with Crippen molar-refractivity contribution in [1.82, 2.24) is 20.1 Å². The SMILES string of the molecule is C[C@H](c1ccc(C(=O)NC2(C(=O)Nc3cnn(C)c3)CC2C2CCCC2)s1)N1CCOc2ncc(Br)cc21. The van der Waals surface area contributed by atoms with Gasteiger partial charge in [-0.25, -0.2) is 4.98 Å². The zero-order valence-electron chi connectivity index (χ0n) is 21.4. The highest BCUT2D eigenvalue weighted by Gasteiger charge is 2.63. The van der Waals surface area contributed by atoms with Crippen LogP contribution in [0.1, 0.15) is 59.6 Å². The van der Waals surface area contributed by atoms with Gasteiger partial charge in [-0.05, 0) is 59.3 Å². The Morgan fingerprint density at radius 3 is 2.84 bits per heavy atom. The molecule has 0 radical (unpaired) electrons. The van der Waals surface area contributed by atoms with Crippen molar-refractivity contribution in [2.75, 3.05) is 23.4 Å². The van der Waals surface area contributed by atoms with Gasteiger partial charge >= 0.3 is 0 Å². The second kappa shape index (κ2) is 10.00. The Hall–Kier alpha value is -2.92. The van der Waals surface area contributed by atoms with Gasteiger partial charge in [-0.2, -0.15) is 5.10 Å². The largest absolute Gasteiger partial charge is 0.474 e. The minimum Gasteiger partial charge on any atom is -0.474 e. The molecule has 0 bridgehead atoms. The molecule has 200 valence electrons. The second-order valence-electron chi connectivity index (χ2n) is 10.5. The number of hydrogen-bond acceptors (Lipinski definition) is 7. The number of amides is 2. The fraction of sp³-hybridized carbons (Fsp3) is 0.481. The minimum absolute atomic E-state index is 0.0373. The highest BCUT2D eigenvalue weighted by molar-refractivity contribution is 9.10. The van der Waals surface area contributed by atoms with Crippen LogP contribution in [-0.2, 0) is 11.8 Å². The van der Waals surface area contributed by atoms with Gasteiger partial charge in [0.15, 0.2) is 0 Å². The lowest BCUT2D eigenvalue weighted by Gasteiger charge is -2.35. The Balaban J connectivity index is 1.20. The third-order valence-corrected chi connectivity index (χ3v) is 9.79. The first-order valence-corrected chi connectivity index (χ1v) is 14.7. The Morgan fingerprint density at radius 2 is 2.08 bits per heavy atom. The summed E-state index contributed by atoms with van der Waals surface area (Å²) >= 11 is 4.98. The summed E-state index contributed by atoms with van der Waals surface area (Å²) in [6, 6.07) is 5.93. The average Bonchev–Trinajstić information content (AvgIpc) is 3.38. The monoisotopic (exact) mass is 598 g/mol. The molecule has 2 aliphatic carbocycles. The third kappa shape index (κ3) is 4.70. The van der Waals surface area contributed by atoms with Gasteiger partial charge in [0.05, 0.1) is 29.3 Å². The number of hydrogen-bond donors (Lipinski definition) is 2. The van der Waals surface area contributed by atoms with Crippen molar-refractivity contribution in [3.8, 4) is 5.88 Å². The number of ether oxygens (including phenoxy) is 1. The topological polar surface area (TPSA) is 101 Å². The van der Waals surface area contributed by atoms with Crippen LogP contribution in [0.25, 0.3) is 0 Å². The highest BCUT2D eigenvalue weighted by atomic mass is 79.9. The number of aromatic nitrogens is 3. The Labute approximate surface area is 234 Å². The van der Waals surface area contributed by atoms with Crippen molar-refractivity contribution < 1.29 is 14.3 Å². The number of carbonyl (C=O) groups excluding carboxylic acids is 2. The van der Waals surface area contributed by atoms with E-state index in [1.165, 1.54) is 24.2 Å². The lowest BCUT2D eigenvalue weighted by molar-refractivity contribution is -0.119. The predicted molar refractivity (Wildman–Crippen MR) is 150 cm³/mol. The number of anilines is 2. The molecule has 3 aromatic rings. The number of aryl methyl sites for hydroxylation is 1. The van der Waals surface area contributed by atoms with Gasteiger partial charge in [0, 0.05) is 28.8 Å². The number of nitrogens with zero attached hydrogens (tertiary/aromatic N) is 4. The van der Waals surface area contributed by atoms with Crippen LogP contribution in [0.4, 0.5) is 11.4 Å². The van der Waals surface area contributed by atoms with Gasteiger partial charge in [0.1, 0.15) is 17.8 Å². The molecule has 0 saturated heterocycles. The van der Waals surface area contributed by atoms with Crippen LogP contribution >= 0.6 is 27.3 Å². The summed E-state index contributed by atoms with van der Waals surface area (Å²) in [6.45, 7) is 3.41. The van der Waals surface area contributed by atoms with Crippen LogP contribution in [0, 0.1) is 11.8 Å². The van der Waals surface area contributed by atoms with Gasteiger partial charge in [-0.15, -0.1) is 11.3 Å². The first-order chi connectivity index (χ1) is 18.3. The zero-order chi connectivity index (χ0) is 26.4. The van der Waals surface area contributed by atoms with Gasteiger partial charge in [-0.3, -0.25) is 14.3 Å². The van der Waals surface area contributed by atoms with Crippen molar-refractivity contribution >= 4 is 50.5 Å². The van der Waals surface area contributed by atoms with Gasteiger partial charge in [-0.1, -0.05) is 25.7 Å². The molecule has 1 aliphatic heterocycles. The van der Waals surface area contributed by atoms with Crippen LogP contribution < -0.4 is 20.3 Å². The molecule has 9 nitrogen and oxygen atoms in total. The van der Waals surface area contributed by atoms with E-state index in [2.05, 4.69) is 48.5 Å². The van der Waals surface area contributed by atoms with Gasteiger partial charge < -0.3 is 20.3 Å². The Morgan fingerprint density at radius 1 is 1.26 bits per heavy atom. The van der Waals surface area contributed by atoms with Gasteiger partial charge in [0.25, 0.3) is 11.8 Å². The summed E-state index contributed by atoms with van der Waals surface area (Å²) in [7, 11) is 1.81. The quantitative estimate of drug-likeness (QED) is 0.400. The number of fused-ring (bicyclic) bond motifs is 1. The van der Waals surface area contributed by atoms with E-state index in [-0.39, 0.29) is 23.8 Å². The molecule has 4 heterocycles. The number of carbonyl (C=O) groups is 2. The van der Waals surface area contributed by atoms with Gasteiger partial charge in [0.2, 0.25) is 5.88 Å². The standard InChI is InChI=1S/C27H31BrN6O3S/c1-16(34-9-10-37-25-21(34)11-18(28)13-29-25)22-7-8-23(38-22)24(35)32-27(12-20(27)17-5-3-4-6-17)26(36)31-19-14-30-33(2)15-19/h7-8,11,13-17,20H,3-6,9-10,12H2,1-2H3,(H,31,36)(H,32,35)/t16-,20?,27?/m1/s1. The molecule has 3 aromatic heterocycles. The smallest absolute Gasteiger partial charge is 0.262 e. The molecule has 0 spiro atoms. The van der Waals surface area contributed by atoms with E-state index in [1.807, 2.05) is 25.2 Å². The maximum absolute atomic E-state index is 13.5. The second-order valence-corrected chi connectivity index (χ2v) is 12.6. The molecule has 3 atom stereocenters. The molecule has 2 fully saturated rings. The average molecular weight is 600 g/mol. The minimum atomic E-state index is -0.876. The first kappa shape index (κ1) is 25.4. The van der Waals surface area contributed by atoms with Crippen molar-refractivity contribution in [3.05, 3.63) is 51.0 Å². The normalized spacial score (nSPS) is 23.4. The van der Waals surface area contributed by atoms with Crippen LogP contribution in [0.3, 0.4) is 0 Å². The summed E-state index contributed by atoms with van der Waals surface area (Å²) < 4.78 is 8.28. The van der Waals surface area contributed by atoms with Crippen LogP contribution in [0.15, 0.2) is 41.3 Å². The molecule has 6 rings (SSSR count). The predicted octanol–water partition coefficient (Wildman–Crippen LogP) is 4.92. The lowest BCUT2D eigenvalue weighted by Crippen LogP contribution is -2.48. The van der Waals surface area contributed by atoms with E-state index in [9.17, 15) is 9.59 Å². The fourth-order valence-electron chi connectivity index (χ4n) is 6.02. The van der Waals surface area contributed by atoms with E-state index in [0.29, 0.717) is 35.4 Å². The summed E-state index contributed by atoms with van der Waals surface area (Å²) in [5.74, 6) is 0.919. The maximum atomic E-state index is 13.5. The zero-order valence-corrected chi connectivity index (χ0v) is 23.8. The van der Waals surface area contributed by atoms with E-state index >= 15 is 0 Å². The lowest BCUT2D eigenvalue weighted by atomic mass is 9.97. The van der Waals surface area contributed by atoms with E-state index in [1.54, 1.807) is 23.3 Å². The molecule has 3 aliphatic rings. The van der Waals surface area contributed by atoms with E-state index in [0.717, 1.165) is 34.4 Å². The van der Waals surface area contributed by atoms with E-state index < -0.39 is 5.54 Å². The summed E-state index contributed by atoms with van der Waals surface area (Å²) in [6.07, 6.45) is 10.4. The first-order valence-electron chi connectivity index (χ1n) is 13.1. The summed E-state index contributed by atoms with van der Waals surface area (Å²) in [5, 5.41) is 10.3. The molecule has 2 unspecified atom stereocenters. The Bertz CT molecular complexity index is 1370. The number of halogens is 1. The van der Waals surface area contributed by atoms with Crippen molar-refractivity contribution in [1.29, 1.82) is 0 Å². The Kier molecular flexibility index (Phi) is 6.67. The highest BCUT2D eigenvalue weighted by Crippen LogP contribution is 2.54. The van der Waals surface area contributed by atoms with Crippen molar-refractivity contribution in [2.45, 2.75) is 50.6 Å². The molecule has 38 heavy (non-hydrogen) atoms. The van der Waals surface area contributed by atoms with Crippen molar-refractivity contribution in [2.24, 2.45) is 18.9 Å². The number of pyridine rings is 1. The maximum Gasteiger partial charge on any atom is 0.262 e.